The third-order valence-corrected chi connectivity index (χ3v) is 3.78. The first-order chi connectivity index (χ1) is 9.44. The highest BCUT2D eigenvalue weighted by atomic mass is 32.2. The van der Waals surface area contributed by atoms with Crippen LogP contribution in [0.3, 0.4) is 0 Å². The molecule has 0 aliphatic carbocycles. The van der Waals surface area contributed by atoms with Crippen molar-refractivity contribution < 1.29 is 9.53 Å². The van der Waals surface area contributed by atoms with Crippen LogP contribution in [0.4, 0.5) is 5.82 Å². The number of nitrogens with two attached hydrogens (primary N) is 1. The molecule has 2 heterocycles. The summed E-state index contributed by atoms with van der Waals surface area (Å²) >= 11 is 1.32. The standard InChI is InChI=1S/C13H20N4O2S/c1-8-4-11(14)16-13(15-8)20-7-12(18)17-5-9(2)19-10(3)6-17/h4,9-10H,5-7H2,1-3H3,(H2,14,15,16). The van der Waals surface area contributed by atoms with E-state index in [4.69, 9.17) is 10.5 Å². The van der Waals surface area contributed by atoms with Crippen molar-refractivity contribution in [1.82, 2.24) is 14.9 Å². The Morgan fingerprint density at radius 2 is 2.10 bits per heavy atom. The summed E-state index contributed by atoms with van der Waals surface area (Å²) in [6, 6.07) is 1.71. The van der Waals surface area contributed by atoms with Crippen LogP contribution in [0.25, 0.3) is 0 Å². The molecule has 7 heteroatoms. The molecule has 110 valence electrons. The summed E-state index contributed by atoms with van der Waals surface area (Å²) in [6.07, 6.45) is 0.164. The van der Waals surface area contributed by atoms with Gasteiger partial charge in [-0.2, -0.15) is 0 Å². The van der Waals surface area contributed by atoms with Gasteiger partial charge in [-0.1, -0.05) is 11.8 Å². The zero-order chi connectivity index (χ0) is 14.7. The Hall–Kier alpha value is -1.34. The van der Waals surface area contributed by atoms with Crippen LogP contribution in [-0.2, 0) is 9.53 Å². The molecule has 1 fully saturated rings. The number of aryl methyl sites for hydroxylation is 1. The van der Waals surface area contributed by atoms with Crippen molar-refractivity contribution in [2.75, 3.05) is 24.6 Å². The van der Waals surface area contributed by atoms with Crippen molar-refractivity contribution in [2.45, 2.75) is 38.1 Å². The number of nitrogen functional groups attached to an aromatic ring is 1. The molecule has 2 atom stereocenters. The Balaban J connectivity index is 1.91. The molecule has 0 radical (unpaired) electrons. The molecule has 2 rings (SSSR count). The minimum absolute atomic E-state index is 0.0820. The number of thioether (sulfide) groups is 1. The number of anilines is 1. The summed E-state index contributed by atoms with van der Waals surface area (Å²) in [6.45, 7) is 7.09. The number of carbonyl (C=O) groups is 1. The highest BCUT2D eigenvalue weighted by molar-refractivity contribution is 7.99. The van der Waals surface area contributed by atoms with Crippen LogP contribution in [0.2, 0.25) is 0 Å². The van der Waals surface area contributed by atoms with Crippen LogP contribution >= 0.6 is 11.8 Å². The first kappa shape index (κ1) is 15.1. The van der Waals surface area contributed by atoms with Gasteiger partial charge in [0.05, 0.1) is 18.0 Å². The number of aromatic nitrogens is 2. The van der Waals surface area contributed by atoms with Gasteiger partial charge in [0.15, 0.2) is 5.16 Å². The molecular formula is C13H20N4O2S. The van der Waals surface area contributed by atoms with E-state index in [2.05, 4.69) is 9.97 Å². The Labute approximate surface area is 123 Å². The molecule has 1 aliphatic rings. The number of hydrogen-bond acceptors (Lipinski definition) is 6. The summed E-state index contributed by atoms with van der Waals surface area (Å²) in [5.41, 5.74) is 6.48. The summed E-state index contributed by atoms with van der Waals surface area (Å²) < 4.78 is 5.62. The molecule has 2 N–H and O–H groups in total. The van der Waals surface area contributed by atoms with E-state index in [9.17, 15) is 4.79 Å². The van der Waals surface area contributed by atoms with Crippen molar-refractivity contribution in [3.05, 3.63) is 11.8 Å². The summed E-state index contributed by atoms with van der Waals surface area (Å²) in [5.74, 6) is 0.837. The minimum atomic E-state index is 0.0820. The van der Waals surface area contributed by atoms with Gasteiger partial charge in [0.25, 0.3) is 0 Å². The highest BCUT2D eigenvalue weighted by Crippen LogP contribution is 2.17. The summed E-state index contributed by atoms with van der Waals surface area (Å²) in [7, 11) is 0. The van der Waals surface area contributed by atoms with Crippen molar-refractivity contribution in [1.29, 1.82) is 0 Å². The lowest BCUT2D eigenvalue weighted by Crippen LogP contribution is -2.48. The van der Waals surface area contributed by atoms with E-state index in [0.717, 1.165) is 5.69 Å². The maximum Gasteiger partial charge on any atom is 0.233 e. The van der Waals surface area contributed by atoms with Gasteiger partial charge in [-0.3, -0.25) is 4.79 Å². The molecule has 0 saturated carbocycles. The molecule has 0 spiro atoms. The number of hydrogen-bond donors (Lipinski definition) is 1. The smallest absolute Gasteiger partial charge is 0.233 e. The lowest BCUT2D eigenvalue weighted by atomic mass is 10.2. The Bertz CT molecular complexity index is 467. The third kappa shape index (κ3) is 4.08. The predicted octanol–water partition coefficient (Wildman–Crippen LogP) is 1.10. The number of rotatable bonds is 3. The maximum atomic E-state index is 12.2. The number of nitrogens with zero attached hydrogens (tertiary/aromatic N) is 3. The normalized spacial score (nSPS) is 22.9. The predicted molar refractivity (Wildman–Crippen MR) is 78.5 cm³/mol. The monoisotopic (exact) mass is 296 g/mol. The van der Waals surface area contributed by atoms with Gasteiger partial charge in [0, 0.05) is 24.8 Å². The molecule has 2 unspecified atom stereocenters. The average molecular weight is 296 g/mol. The fraction of sp³-hybridized carbons (Fsp3) is 0.615. The van der Waals surface area contributed by atoms with Gasteiger partial charge in [-0.25, -0.2) is 9.97 Å². The molecule has 0 bridgehead atoms. The van der Waals surface area contributed by atoms with Gasteiger partial charge in [0.2, 0.25) is 5.91 Å². The number of ether oxygens (including phenoxy) is 1. The van der Waals surface area contributed by atoms with Gasteiger partial charge in [0.1, 0.15) is 5.82 Å². The van der Waals surface area contributed by atoms with Gasteiger partial charge >= 0.3 is 0 Å². The quantitative estimate of drug-likeness (QED) is 0.664. The summed E-state index contributed by atoms with van der Waals surface area (Å²) in [5, 5.41) is 0.546. The lowest BCUT2D eigenvalue weighted by Gasteiger charge is -2.35. The van der Waals surface area contributed by atoms with Crippen molar-refractivity contribution in [3.63, 3.8) is 0 Å². The van der Waals surface area contributed by atoms with Crippen LogP contribution < -0.4 is 5.73 Å². The van der Waals surface area contributed by atoms with Gasteiger partial charge < -0.3 is 15.4 Å². The van der Waals surface area contributed by atoms with E-state index < -0.39 is 0 Å². The molecule has 1 saturated heterocycles. The SMILES string of the molecule is Cc1cc(N)nc(SCC(=O)N2CC(C)OC(C)C2)n1. The lowest BCUT2D eigenvalue weighted by molar-refractivity contribution is -0.140. The van der Waals surface area contributed by atoms with E-state index in [1.165, 1.54) is 11.8 Å². The zero-order valence-electron chi connectivity index (χ0n) is 12.0. The molecule has 1 aliphatic heterocycles. The summed E-state index contributed by atoms with van der Waals surface area (Å²) in [4.78, 5) is 22.4. The van der Waals surface area contributed by atoms with Crippen LogP contribution in [0, 0.1) is 6.92 Å². The van der Waals surface area contributed by atoms with Gasteiger partial charge in [-0.05, 0) is 20.8 Å². The third-order valence-electron chi connectivity index (χ3n) is 2.95. The average Bonchev–Trinajstić information content (AvgIpc) is 2.33. The Morgan fingerprint density at radius 1 is 1.45 bits per heavy atom. The second-order valence-electron chi connectivity index (χ2n) is 5.06. The zero-order valence-corrected chi connectivity index (χ0v) is 12.8. The highest BCUT2D eigenvalue weighted by Gasteiger charge is 2.25. The maximum absolute atomic E-state index is 12.2. The van der Waals surface area contributed by atoms with Crippen LogP contribution in [0.1, 0.15) is 19.5 Å². The number of morpholine rings is 1. The van der Waals surface area contributed by atoms with E-state index in [-0.39, 0.29) is 18.1 Å². The van der Waals surface area contributed by atoms with E-state index in [0.29, 0.717) is 29.8 Å². The molecule has 1 aromatic heterocycles. The largest absolute Gasteiger partial charge is 0.384 e. The second-order valence-corrected chi connectivity index (χ2v) is 6.00. The molecule has 1 aromatic rings. The molecule has 1 amide bonds. The number of amides is 1. The number of carbonyl (C=O) groups excluding carboxylic acids is 1. The molecular weight excluding hydrogens is 276 g/mol. The molecule has 0 aromatic carbocycles. The van der Waals surface area contributed by atoms with Crippen molar-refractivity contribution in [3.8, 4) is 0 Å². The van der Waals surface area contributed by atoms with Crippen LogP contribution in [0.15, 0.2) is 11.2 Å². The first-order valence-electron chi connectivity index (χ1n) is 6.61. The van der Waals surface area contributed by atoms with Crippen molar-refractivity contribution in [2.24, 2.45) is 0 Å². The van der Waals surface area contributed by atoms with E-state index >= 15 is 0 Å². The fourth-order valence-corrected chi connectivity index (χ4v) is 3.04. The van der Waals surface area contributed by atoms with Crippen molar-refractivity contribution >= 4 is 23.5 Å². The first-order valence-corrected chi connectivity index (χ1v) is 7.60. The topological polar surface area (TPSA) is 81.3 Å². The Kier molecular flexibility index (Phi) is 4.82. The van der Waals surface area contributed by atoms with E-state index in [1.54, 1.807) is 6.07 Å². The van der Waals surface area contributed by atoms with Gasteiger partial charge in [-0.15, -0.1) is 0 Å². The van der Waals surface area contributed by atoms with Crippen LogP contribution in [0.5, 0.6) is 0 Å². The molecule has 20 heavy (non-hydrogen) atoms. The second kappa shape index (κ2) is 6.41. The minimum Gasteiger partial charge on any atom is -0.384 e. The Morgan fingerprint density at radius 3 is 2.70 bits per heavy atom. The van der Waals surface area contributed by atoms with Crippen LogP contribution in [-0.4, -0.2) is 51.8 Å². The fourth-order valence-electron chi connectivity index (χ4n) is 2.23. The molecule has 6 nitrogen and oxygen atoms in total. The van der Waals surface area contributed by atoms with E-state index in [1.807, 2.05) is 25.7 Å².